The van der Waals surface area contributed by atoms with E-state index < -0.39 is 0 Å². The number of piperidine rings is 1. The average Bonchev–Trinajstić information content (AvgIpc) is 3.23. The van der Waals surface area contributed by atoms with Crippen LogP contribution in [0.4, 0.5) is 5.00 Å². The van der Waals surface area contributed by atoms with Crippen LogP contribution in [-0.4, -0.2) is 36.2 Å². The van der Waals surface area contributed by atoms with Crippen LogP contribution in [0.25, 0.3) is 0 Å². The molecule has 1 saturated heterocycles. The maximum atomic E-state index is 13.2. The van der Waals surface area contributed by atoms with Crippen LogP contribution in [0.2, 0.25) is 5.02 Å². The molecule has 1 aliphatic carbocycles. The van der Waals surface area contributed by atoms with E-state index in [1.165, 1.54) is 11.3 Å². The second kappa shape index (κ2) is 8.13. The maximum absolute atomic E-state index is 13.2. The van der Waals surface area contributed by atoms with Crippen molar-refractivity contribution in [1.82, 2.24) is 4.90 Å². The molecule has 0 saturated carbocycles. The van der Waals surface area contributed by atoms with Crippen LogP contribution in [0.3, 0.4) is 0 Å². The number of carbonyl (C=O) groups excluding carboxylic acids is 2. The van der Waals surface area contributed by atoms with Gasteiger partial charge in [-0.2, -0.15) is 0 Å². The average molecular weight is 403 g/mol. The number of anilines is 1. The van der Waals surface area contributed by atoms with Crippen LogP contribution in [0, 0.1) is 0 Å². The van der Waals surface area contributed by atoms with Crippen LogP contribution in [0.1, 0.15) is 52.0 Å². The second-order valence-corrected chi connectivity index (χ2v) is 8.77. The van der Waals surface area contributed by atoms with Crippen molar-refractivity contribution < 1.29 is 9.59 Å². The predicted octanol–water partition coefficient (Wildman–Crippen LogP) is 4.55. The summed E-state index contributed by atoms with van der Waals surface area (Å²) in [6, 6.07) is 7.12. The summed E-state index contributed by atoms with van der Waals surface area (Å²) < 4.78 is 0. The van der Waals surface area contributed by atoms with Crippen LogP contribution in [-0.2, 0) is 17.6 Å². The summed E-state index contributed by atoms with van der Waals surface area (Å²) in [5.41, 5.74) is 2.24. The summed E-state index contributed by atoms with van der Waals surface area (Å²) in [5, 5.41) is 4.17. The van der Waals surface area contributed by atoms with Gasteiger partial charge in [-0.25, -0.2) is 0 Å². The topological polar surface area (TPSA) is 49.4 Å². The molecule has 2 heterocycles. The molecule has 0 radical (unpaired) electrons. The van der Waals surface area contributed by atoms with E-state index in [9.17, 15) is 9.59 Å². The summed E-state index contributed by atoms with van der Waals surface area (Å²) in [6.07, 6.45) is 6.47. The predicted molar refractivity (Wildman–Crippen MR) is 110 cm³/mol. The van der Waals surface area contributed by atoms with Gasteiger partial charge < -0.3 is 5.32 Å². The molecule has 2 aromatic rings. The molecule has 0 atom stereocenters. The highest BCUT2D eigenvalue weighted by molar-refractivity contribution is 7.17. The highest BCUT2D eigenvalue weighted by atomic mass is 35.5. The zero-order valence-electron chi connectivity index (χ0n) is 15.2. The number of halogens is 1. The number of rotatable bonds is 5. The number of nitrogens with one attached hydrogen (secondary N) is 1. The van der Waals surface area contributed by atoms with Gasteiger partial charge in [0, 0.05) is 10.4 Å². The van der Waals surface area contributed by atoms with Gasteiger partial charge >= 0.3 is 0 Å². The van der Waals surface area contributed by atoms with E-state index in [2.05, 4.69) is 10.2 Å². The number of aryl methyl sites for hydroxylation is 1. The Hall–Kier alpha value is -1.69. The lowest BCUT2D eigenvalue weighted by atomic mass is 10.00. The lowest BCUT2D eigenvalue weighted by Gasteiger charge is -2.25. The summed E-state index contributed by atoms with van der Waals surface area (Å²) in [5.74, 6) is -0.127. The first-order valence-electron chi connectivity index (χ1n) is 9.59. The second-order valence-electron chi connectivity index (χ2n) is 7.26. The van der Waals surface area contributed by atoms with E-state index in [0.29, 0.717) is 27.7 Å². The van der Waals surface area contributed by atoms with Gasteiger partial charge in [0.25, 0.3) is 0 Å². The smallest absolute Gasteiger partial charge is 0.239 e. The van der Waals surface area contributed by atoms with Crippen molar-refractivity contribution in [3.05, 3.63) is 50.9 Å². The standard InChI is InChI=1S/C21H23ClN2O2S/c22-16-9-3-2-7-14(16)20(26)19-15-8-6-10-17(15)27-21(19)23-18(25)13-24-11-4-1-5-12-24/h2-3,7,9H,1,4-6,8,10-13H2,(H,23,25). The van der Waals surface area contributed by atoms with Crippen molar-refractivity contribution in [3.8, 4) is 0 Å². The zero-order chi connectivity index (χ0) is 18.8. The van der Waals surface area contributed by atoms with Gasteiger partial charge in [-0.05, 0) is 62.9 Å². The third kappa shape index (κ3) is 3.96. The fourth-order valence-electron chi connectivity index (χ4n) is 4.00. The molecule has 27 heavy (non-hydrogen) atoms. The number of fused-ring (bicyclic) bond motifs is 1. The lowest BCUT2D eigenvalue weighted by Crippen LogP contribution is -2.36. The fraction of sp³-hybridized carbons (Fsp3) is 0.429. The highest BCUT2D eigenvalue weighted by Gasteiger charge is 2.29. The van der Waals surface area contributed by atoms with E-state index in [-0.39, 0.29) is 11.7 Å². The number of thiophene rings is 1. The molecule has 4 rings (SSSR count). The Morgan fingerprint density at radius 3 is 2.63 bits per heavy atom. The number of ketones is 1. The van der Waals surface area contributed by atoms with E-state index in [0.717, 1.165) is 50.8 Å². The number of carbonyl (C=O) groups is 2. The van der Waals surface area contributed by atoms with Crippen LogP contribution in [0.5, 0.6) is 0 Å². The van der Waals surface area contributed by atoms with E-state index in [1.807, 2.05) is 12.1 Å². The van der Waals surface area contributed by atoms with Gasteiger partial charge in [0.2, 0.25) is 5.91 Å². The molecule has 1 N–H and O–H groups in total. The number of hydrogen-bond acceptors (Lipinski definition) is 4. The molecular formula is C21H23ClN2O2S. The van der Waals surface area contributed by atoms with Crippen LogP contribution >= 0.6 is 22.9 Å². The molecule has 1 fully saturated rings. The van der Waals surface area contributed by atoms with E-state index in [4.69, 9.17) is 11.6 Å². The first-order chi connectivity index (χ1) is 13.1. The molecule has 2 aliphatic rings. The summed E-state index contributed by atoms with van der Waals surface area (Å²) in [6.45, 7) is 2.34. The molecule has 1 aromatic carbocycles. The highest BCUT2D eigenvalue weighted by Crippen LogP contribution is 2.40. The molecule has 0 spiro atoms. The van der Waals surface area contributed by atoms with Gasteiger partial charge in [-0.3, -0.25) is 14.5 Å². The molecule has 1 aliphatic heterocycles. The summed E-state index contributed by atoms with van der Waals surface area (Å²) in [4.78, 5) is 29.3. The Kier molecular flexibility index (Phi) is 5.62. The quantitative estimate of drug-likeness (QED) is 0.746. The maximum Gasteiger partial charge on any atom is 0.239 e. The number of hydrogen-bond donors (Lipinski definition) is 1. The minimum absolute atomic E-state index is 0.0370. The van der Waals surface area contributed by atoms with Crippen LogP contribution < -0.4 is 5.32 Å². The van der Waals surface area contributed by atoms with Gasteiger partial charge in [0.05, 0.1) is 17.1 Å². The Bertz CT molecular complexity index is 871. The molecule has 4 nitrogen and oxygen atoms in total. The van der Waals surface area contributed by atoms with Gasteiger partial charge in [0.1, 0.15) is 5.00 Å². The van der Waals surface area contributed by atoms with Crippen molar-refractivity contribution in [1.29, 1.82) is 0 Å². The molecule has 1 aromatic heterocycles. The Morgan fingerprint density at radius 2 is 1.85 bits per heavy atom. The molecule has 0 unspecified atom stereocenters. The summed E-state index contributed by atoms with van der Waals surface area (Å²) in [7, 11) is 0. The van der Waals surface area contributed by atoms with Gasteiger partial charge in [-0.1, -0.05) is 30.2 Å². The fourth-order valence-corrected chi connectivity index (χ4v) is 5.52. The Labute approximate surface area is 168 Å². The summed E-state index contributed by atoms with van der Waals surface area (Å²) >= 11 is 7.82. The number of likely N-dealkylation sites (tertiary alicyclic amines) is 1. The Morgan fingerprint density at radius 1 is 1.07 bits per heavy atom. The van der Waals surface area contributed by atoms with Crippen LogP contribution in [0.15, 0.2) is 24.3 Å². The molecule has 6 heteroatoms. The van der Waals surface area contributed by atoms with E-state index in [1.54, 1.807) is 23.5 Å². The number of nitrogens with zero attached hydrogens (tertiary/aromatic N) is 1. The molecule has 0 bridgehead atoms. The first-order valence-corrected chi connectivity index (χ1v) is 10.8. The van der Waals surface area contributed by atoms with Gasteiger partial charge in [0.15, 0.2) is 5.78 Å². The molecule has 142 valence electrons. The SMILES string of the molecule is O=C(CN1CCCCC1)Nc1sc2c(c1C(=O)c1ccccc1Cl)CCC2. The third-order valence-electron chi connectivity index (χ3n) is 5.34. The van der Waals surface area contributed by atoms with Crippen molar-refractivity contribution in [3.63, 3.8) is 0 Å². The van der Waals surface area contributed by atoms with Gasteiger partial charge in [-0.15, -0.1) is 11.3 Å². The minimum atomic E-state index is -0.0896. The Balaban J connectivity index is 1.59. The lowest BCUT2D eigenvalue weighted by molar-refractivity contribution is -0.117. The van der Waals surface area contributed by atoms with Crippen molar-refractivity contribution in [2.24, 2.45) is 0 Å². The van der Waals surface area contributed by atoms with Crippen molar-refractivity contribution in [2.45, 2.75) is 38.5 Å². The minimum Gasteiger partial charge on any atom is -0.316 e. The third-order valence-corrected chi connectivity index (χ3v) is 6.87. The number of amides is 1. The van der Waals surface area contributed by atoms with E-state index >= 15 is 0 Å². The monoisotopic (exact) mass is 402 g/mol. The zero-order valence-corrected chi connectivity index (χ0v) is 16.8. The normalized spacial score (nSPS) is 16.9. The van der Waals surface area contributed by atoms with Crippen molar-refractivity contribution >= 4 is 39.6 Å². The molecular weight excluding hydrogens is 380 g/mol. The number of benzene rings is 1. The first kappa shape index (κ1) is 18.7. The van der Waals surface area contributed by atoms with Crippen molar-refractivity contribution in [2.75, 3.05) is 25.0 Å². The largest absolute Gasteiger partial charge is 0.316 e. The molecule has 1 amide bonds.